The number of aromatic hydroxyl groups is 1. The van der Waals surface area contributed by atoms with E-state index in [-0.39, 0.29) is 11.7 Å². The first-order chi connectivity index (χ1) is 13.1. The summed E-state index contributed by atoms with van der Waals surface area (Å²) in [6.07, 6.45) is 0. The van der Waals surface area contributed by atoms with Crippen molar-refractivity contribution in [2.24, 2.45) is 0 Å². The van der Waals surface area contributed by atoms with Crippen LogP contribution in [-0.4, -0.2) is 67.7 Å². The van der Waals surface area contributed by atoms with Gasteiger partial charge >= 0.3 is 0 Å². The summed E-state index contributed by atoms with van der Waals surface area (Å²) >= 11 is 0. The Kier molecular flexibility index (Phi) is 6.32. The van der Waals surface area contributed by atoms with Gasteiger partial charge in [0.05, 0.1) is 20.2 Å². The van der Waals surface area contributed by atoms with Crippen LogP contribution in [0.3, 0.4) is 0 Å². The maximum Gasteiger partial charge on any atom is 0.241 e. The van der Waals surface area contributed by atoms with E-state index in [0.717, 1.165) is 43.2 Å². The highest BCUT2D eigenvalue weighted by atomic mass is 16.5. The first-order valence-electron chi connectivity index (χ1n) is 9.19. The first-order valence-corrected chi connectivity index (χ1v) is 9.19. The minimum atomic E-state index is 0.0213. The molecule has 0 unspecified atom stereocenters. The normalized spacial score (nSPS) is 15.5. The van der Waals surface area contributed by atoms with Gasteiger partial charge in [-0.15, -0.1) is 0 Å². The van der Waals surface area contributed by atoms with Crippen LogP contribution in [-0.2, 0) is 11.3 Å². The van der Waals surface area contributed by atoms with E-state index in [1.54, 1.807) is 24.1 Å². The zero-order valence-corrected chi connectivity index (χ0v) is 16.0. The Morgan fingerprint density at radius 3 is 2.37 bits per heavy atom. The van der Waals surface area contributed by atoms with E-state index in [9.17, 15) is 9.90 Å². The lowest BCUT2D eigenvalue weighted by molar-refractivity contribution is -0.120. The summed E-state index contributed by atoms with van der Waals surface area (Å²) in [5.74, 6) is 0.962. The van der Waals surface area contributed by atoms with E-state index < -0.39 is 0 Å². The van der Waals surface area contributed by atoms with E-state index in [0.29, 0.717) is 13.1 Å². The molecule has 1 aliphatic heterocycles. The smallest absolute Gasteiger partial charge is 0.241 e. The highest BCUT2D eigenvalue weighted by molar-refractivity contribution is 5.94. The number of anilines is 1. The Morgan fingerprint density at radius 1 is 1.07 bits per heavy atom. The molecule has 144 valence electrons. The highest BCUT2D eigenvalue weighted by Crippen LogP contribution is 2.25. The molecule has 1 saturated heterocycles. The fraction of sp³-hybridized carbons (Fsp3) is 0.381. The molecular formula is C21H27N3O3. The van der Waals surface area contributed by atoms with E-state index >= 15 is 0 Å². The number of amides is 1. The summed E-state index contributed by atoms with van der Waals surface area (Å²) in [7, 11) is 3.72. The third-order valence-corrected chi connectivity index (χ3v) is 4.96. The second-order valence-corrected chi connectivity index (χ2v) is 6.89. The van der Waals surface area contributed by atoms with Gasteiger partial charge in [-0.1, -0.05) is 18.2 Å². The number of nitrogens with zero attached hydrogens (tertiary/aromatic N) is 3. The summed E-state index contributed by atoms with van der Waals surface area (Å²) < 4.78 is 5.22. The van der Waals surface area contributed by atoms with E-state index in [4.69, 9.17) is 4.74 Å². The summed E-state index contributed by atoms with van der Waals surface area (Å²) in [4.78, 5) is 19.3. The van der Waals surface area contributed by atoms with Crippen molar-refractivity contribution in [1.29, 1.82) is 0 Å². The molecule has 0 spiro atoms. The molecule has 2 aromatic carbocycles. The summed E-state index contributed by atoms with van der Waals surface area (Å²) in [6, 6.07) is 14.6. The van der Waals surface area contributed by atoms with Crippen molar-refractivity contribution >= 4 is 11.6 Å². The largest absolute Gasteiger partial charge is 0.508 e. The number of phenols is 1. The van der Waals surface area contributed by atoms with Crippen molar-refractivity contribution in [2.75, 3.05) is 51.8 Å². The summed E-state index contributed by atoms with van der Waals surface area (Å²) in [5.41, 5.74) is 1.51. The van der Waals surface area contributed by atoms with Crippen molar-refractivity contribution in [3.63, 3.8) is 0 Å². The third kappa shape index (κ3) is 4.99. The number of para-hydroxylation sites is 1. The summed E-state index contributed by atoms with van der Waals surface area (Å²) in [6.45, 7) is 4.40. The monoisotopic (exact) mass is 369 g/mol. The van der Waals surface area contributed by atoms with Gasteiger partial charge in [0.25, 0.3) is 0 Å². The molecule has 1 aliphatic rings. The molecule has 6 heteroatoms. The number of hydrogen-bond acceptors (Lipinski definition) is 5. The number of piperazine rings is 1. The topological polar surface area (TPSA) is 56.3 Å². The lowest BCUT2D eigenvalue weighted by Crippen LogP contribution is -2.48. The lowest BCUT2D eigenvalue weighted by atomic mass is 10.1. The van der Waals surface area contributed by atoms with Gasteiger partial charge in [-0.05, 0) is 37.4 Å². The quantitative estimate of drug-likeness (QED) is 0.846. The van der Waals surface area contributed by atoms with E-state index in [1.807, 2.05) is 36.4 Å². The standard InChI is InChI=1S/C21H27N3O3/c1-22-11-13-23(14-12-22)16-21(26)24(15-17-5-3-4-6-20(17)25)18-7-9-19(27-2)10-8-18/h3-10,25H,11-16H2,1-2H3. The molecular weight excluding hydrogens is 342 g/mol. The van der Waals surface area contributed by atoms with Crippen LogP contribution in [0.15, 0.2) is 48.5 Å². The molecule has 6 nitrogen and oxygen atoms in total. The number of carbonyl (C=O) groups excluding carboxylic acids is 1. The predicted molar refractivity (Wildman–Crippen MR) is 106 cm³/mol. The molecule has 0 saturated carbocycles. The number of benzene rings is 2. The average molecular weight is 369 g/mol. The zero-order valence-electron chi connectivity index (χ0n) is 16.0. The van der Waals surface area contributed by atoms with Gasteiger partial charge in [0, 0.05) is 37.4 Å². The number of hydrogen-bond donors (Lipinski definition) is 1. The Bertz CT molecular complexity index is 756. The molecule has 0 atom stereocenters. The molecule has 3 rings (SSSR count). The number of methoxy groups -OCH3 is 1. The number of carbonyl (C=O) groups is 1. The van der Waals surface area contributed by atoms with Crippen LogP contribution < -0.4 is 9.64 Å². The van der Waals surface area contributed by atoms with Crippen LogP contribution in [0, 0.1) is 0 Å². The van der Waals surface area contributed by atoms with Gasteiger partial charge < -0.3 is 19.6 Å². The average Bonchev–Trinajstić information content (AvgIpc) is 2.69. The number of phenolic OH excluding ortho intramolecular Hbond substituents is 1. The first kappa shape index (κ1) is 19.2. The maximum atomic E-state index is 13.1. The van der Waals surface area contributed by atoms with E-state index in [1.165, 1.54) is 0 Å². The van der Waals surface area contributed by atoms with Crippen molar-refractivity contribution < 1.29 is 14.6 Å². The van der Waals surface area contributed by atoms with Crippen LogP contribution in [0.1, 0.15) is 5.56 Å². The molecule has 1 amide bonds. The predicted octanol–water partition coefficient (Wildman–Crippen LogP) is 2.18. The fourth-order valence-electron chi connectivity index (χ4n) is 3.18. The van der Waals surface area contributed by atoms with Crippen molar-refractivity contribution in [2.45, 2.75) is 6.54 Å². The van der Waals surface area contributed by atoms with Crippen LogP contribution in [0.25, 0.3) is 0 Å². The molecule has 2 aromatic rings. The van der Waals surface area contributed by atoms with Crippen molar-refractivity contribution in [3.05, 3.63) is 54.1 Å². The third-order valence-electron chi connectivity index (χ3n) is 4.96. The van der Waals surface area contributed by atoms with Gasteiger partial charge in [0.15, 0.2) is 0 Å². The van der Waals surface area contributed by atoms with Gasteiger partial charge in [-0.2, -0.15) is 0 Å². The molecule has 1 fully saturated rings. The molecule has 0 aromatic heterocycles. The van der Waals surface area contributed by atoms with Crippen LogP contribution in [0.4, 0.5) is 5.69 Å². The highest BCUT2D eigenvalue weighted by Gasteiger charge is 2.22. The lowest BCUT2D eigenvalue weighted by Gasteiger charge is -2.33. The maximum absolute atomic E-state index is 13.1. The van der Waals surface area contributed by atoms with E-state index in [2.05, 4.69) is 16.8 Å². The molecule has 0 radical (unpaired) electrons. The Hall–Kier alpha value is -2.57. The Balaban J connectivity index is 1.79. The Morgan fingerprint density at radius 2 is 1.74 bits per heavy atom. The van der Waals surface area contributed by atoms with Crippen molar-refractivity contribution in [1.82, 2.24) is 9.80 Å². The minimum Gasteiger partial charge on any atom is -0.508 e. The van der Waals surface area contributed by atoms with Crippen LogP contribution in [0.5, 0.6) is 11.5 Å². The molecule has 1 heterocycles. The van der Waals surface area contributed by atoms with Gasteiger partial charge in [0.1, 0.15) is 11.5 Å². The zero-order chi connectivity index (χ0) is 19.2. The number of rotatable bonds is 6. The second-order valence-electron chi connectivity index (χ2n) is 6.89. The van der Waals surface area contributed by atoms with Gasteiger partial charge in [-0.3, -0.25) is 9.69 Å². The molecule has 0 aliphatic carbocycles. The van der Waals surface area contributed by atoms with Crippen molar-refractivity contribution in [3.8, 4) is 11.5 Å². The van der Waals surface area contributed by atoms with Gasteiger partial charge in [0.2, 0.25) is 5.91 Å². The molecule has 1 N–H and O–H groups in total. The molecule has 27 heavy (non-hydrogen) atoms. The van der Waals surface area contributed by atoms with Gasteiger partial charge in [-0.25, -0.2) is 0 Å². The fourth-order valence-corrected chi connectivity index (χ4v) is 3.18. The second kappa shape index (κ2) is 8.88. The Labute approximate surface area is 160 Å². The number of likely N-dealkylation sites (N-methyl/N-ethyl adjacent to an activating group) is 1. The van der Waals surface area contributed by atoms with Crippen LogP contribution in [0.2, 0.25) is 0 Å². The minimum absolute atomic E-state index is 0.0213. The summed E-state index contributed by atoms with van der Waals surface area (Å²) in [5, 5.41) is 10.1. The molecule has 0 bridgehead atoms. The van der Waals surface area contributed by atoms with Crippen LogP contribution >= 0.6 is 0 Å². The number of ether oxygens (including phenoxy) is 1. The SMILES string of the molecule is COc1ccc(N(Cc2ccccc2O)C(=O)CN2CCN(C)CC2)cc1.